The lowest BCUT2D eigenvalue weighted by Crippen LogP contribution is -2.31. The Kier molecular flexibility index (Phi) is 6.46. The Bertz CT molecular complexity index is 1270. The standard InChI is InChI=1S/C27H32N8/c1-34(2)17-18-12-19(15-30-14-18)24-13-21(22(28)16-32-24)26(29)23-7-6-20-25(8-9-31-27(20)33-23)35-10-4-3-5-11-35/h7-9,12-16,29H,3-6,10-11,17,28H2,1-2H3,(H,31,33). The zero-order valence-corrected chi connectivity index (χ0v) is 20.4. The largest absolute Gasteiger partial charge is 0.397 e. The molecule has 3 aromatic heterocycles. The molecule has 180 valence electrons. The van der Waals surface area contributed by atoms with Crippen LogP contribution < -0.4 is 16.0 Å². The number of hydrogen-bond donors (Lipinski definition) is 3. The first kappa shape index (κ1) is 23.0. The number of anilines is 3. The van der Waals surface area contributed by atoms with Crippen molar-refractivity contribution in [1.82, 2.24) is 19.9 Å². The minimum atomic E-state index is 0.333. The van der Waals surface area contributed by atoms with Gasteiger partial charge in [0.1, 0.15) is 5.82 Å². The van der Waals surface area contributed by atoms with Gasteiger partial charge in [0.15, 0.2) is 0 Å². The van der Waals surface area contributed by atoms with Gasteiger partial charge in [-0.2, -0.15) is 0 Å². The van der Waals surface area contributed by atoms with Crippen molar-refractivity contribution in [3.05, 3.63) is 71.4 Å². The number of nitrogens with two attached hydrogens (primary N) is 1. The Hall–Kier alpha value is -3.78. The lowest BCUT2D eigenvalue weighted by Gasteiger charge is -2.32. The quantitative estimate of drug-likeness (QED) is 0.468. The highest BCUT2D eigenvalue weighted by atomic mass is 15.1. The maximum absolute atomic E-state index is 8.95. The summed E-state index contributed by atoms with van der Waals surface area (Å²) in [5.41, 5.74) is 13.6. The molecule has 2 aliphatic heterocycles. The molecule has 2 aliphatic rings. The van der Waals surface area contributed by atoms with E-state index < -0.39 is 0 Å². The Balaban J connectivity index is 1.40. The Morgan fingerprint density at radius 1 is 1.11 bits per heavy atom. The van der Waals surface area contributed by atoms with Crippen molar-refractivity contribution in [2.75, 3.05) is 43.1 Å². The first-order valence-corrected chi connectivity index (χ1v) is 12.1. The minimum Gasteiger partial charge on any atom is -0.397 e. The van der Waals surface area contributed by atoms with E-state index in [2.05, 4.69) is 48.3 Å². The van der Waals surface area contributed by atoms with Gasteiger partial charge in [-0.1, -0.05) is 6.08 Å². The van der Waals surface area contributed by atoms with Crippen LogP contribution in [-0.2, 0) is 13.0 Å². The van der Waals surface area contributed by atoms with Crippen LogP contribution in [0.2, 0.25) is 0 Å². The van der Waals surface area contributed by atoms with Gasteiger partial charge < -0.3 is 20.9 Å². The molecule has 0 atom stereocenters. The van der Waals surface area contributed by atoms with Gasteiger partial charge >= 0.3 is 0 Å². The van der Waals surface area contributed by atoms with Crippen molar-refractivity contribution >= 4 is 22.9 Å². The molecule has 0 saturated carbocycles. The molecule has 0 spiro atoms. The van der Waals surface area contributed by atoms with Crippen molar-refractivity contribution in [3.8, 4) is 11.3 Å². The molecule has 8 nitrogen and oxygen atoms in total. The van der Waals surface area contributed by atoms with Gasteiger partial charge in [0.05, 0.1) is 29.0 Å². The summed E-state index contributed by atoms with van der Waals surface area (Å²) in [7, 11) is 4.06. The van der Waals surface area contributed by atoms with Crippen LogP contribution in [0.25, 0.3) is 11.3 Å². The molecule has 4 N–H and O–H groups in total. The maximum Gasteiger partial charge on any atom is 0.135 e. The molecular formula is C27H32N8. The molecule has 0 unspecified atom stereocenters. The predicted octanol–water partition coefficient (Wildman–Crippen LogP) is 4.09. The number of hydrogen-bond acceptors (Lipinski definition) is 8. The fourth-order valence-corrected chi connectivity index (χ4v) is 4.83. The van der Waals surface area contributed by atoms with Gasteiger partial charge in [0.2, 0.25) is 0 Å². The van der Waals surface area contributed by atoms with Crippen LogP contribution in [0.5, 0.6) is 0 Å². The van der Waals surface area contributed by atoms with E-state index in [1.807, 2.05) is 32.6 Å². The molecule has 1 saturated heterocycles. The summed E-state index contributed by atoms with van der Waals surface area (Å²) in [6, 6.07) is 6.07. The molecule has 0 amide bonds. The van der Waals surface area contributed by atoms with Crippen molar-refractivity contribution in [1.29, 1.82) is 5.41 Å². The molecule has 5 heterocycles. The third-order valence-corrected chi connectivity index (χ3v) is 6.55. The lowest BCUT2D eigenvalue weighted by molar-refractivity contribution is 0.402. The van der Waals surface area contributed by atoms with E-state index in [0.717, 1.165) is 48.7 Å². The fourth-order valence-electron chi connectivity index (χ4n) is 4.83. The molecule has 0 aromatic carbocycles. The molecule has 0 aliphatic carbocycles. The van der Waals surface area contributed by atoms with Crippen molar-refractivity contribution < 1.29 is 0 Å². The summed E-state index contributed by atoms with van der Waals surface area (Å²) in [6.07, 6.45) is 13.7. The van der Waals surface area contributed by atoms with Crippen LogP contribution >= 0.6 is 0 Å². The average Bonchev–Trinajstić information content (AvgIpc) is 2.88. The third-order valence-electron chi connectivity index (χ3n) is 6.55. The van der Waals surface area contributed by atoms with Gasteiger partial charge in [0.25, 0.3) is 0 Å². The second kappa shape index (κ2) is 9.84. The number of nitrogen functional groups attached to an aromatic ring is 1. The van der Waals surface area contributed by atoms with Crippen LogP contribution in [-0.4, -0.2) is 52.7 Å². The normalized spacial score (nSPS) is 15.4. The summed E-state index contributed by atoms with van der Waals surface area (Å²) < 4.78 is 0. The number of nitrogens with one attached hydrogen (secondary N) is 2. The number of aromatic nitrogens is 3. The Morgan fingerprint density at radius 2 is 1.94 bits per heavy atom. The highest BCUT2D eigenvalue weighted by Gasteiger charge is 2.23. The van der Waals surface area contributed by atoms with Crippen LogP contribution in [0.3, 0.4) is 0 Å². The molecule has 0 radical (unpaired) electrons. The predicted molar refractivity (Wildman–Crippen MR) is 142 cm³/mol. The monoisotopic (exact) mass is 468 g/mol. The molecule has 1 fully saturated rings. The summed E-state index contributed by atoms with van der Waals surface area (Å²) in [5.74, 6) is 0.823. The molecule has 0 bridgehead atoms. The van der Waals surface area contributed by atoms with Crippen LogP contribution in [0.15, 0.2) is 54.8 Å². The second-order valence-corrected chi connectivity index (χ2v) is 9.50. The molecule has 5 rings (SSSR count). The first-order valence-electron chi connectivity index (χ1n) is 12.1. The molecular weight excluding hydrogens is 436 g/mol. The highest BCUT2D eigenvalue weighted by Crippen LogP contribution is 2.33. The number of piperidine rings is 1. The number of pyridine rings is 3. The van der Waals surface area contributed by atoms with E-state index in [1.54, 1.807) is 12.4 Å². The van der Waals surface area contributed by atoms with E-state index in [9.17, 15) is 0 Å². The zero-order valence-electron chi connectivity index (χ0n) is 20.4. The smallest absolute Gasteiger partial charge is 0.135 e. The van der Waals surface area contributed by atoms with E-state index >= 15 is 0 Å². The summed E-state index contributed by atoms with van der Waals surface area (Å²) >= 11 is 0. The van der Waals surface area contributed by atoms with Crippen LogP contribution in [0.4, 0.5) is 17.2 Å². The highest BCUT2D eigenvalue weighted by molar-refractivity contribution is 6.15. The van der Waals surface area contributed by atoms with Crippen molar-refractivity contribution in [2.45, 2.75) is 32.2 Å². The summed E-state index contributed by atoms with van der Waals surface area (Å²) in [5, 5.41) is 12.3. The topological polar surface area (TPSA) is 107 Å². The second-order valence-electron chi connectivity index (χ2n) is 9.50. The van der Waals surface area contributed by atoms with Gasteiger partial charge in [-0.3, -0.25) is 15.4 Å². The van der Waals surface area contributed by atoms with E-state index in [-0.39, 0.29) is 0 Å². The Morgan fingerprint density at radius 3 is 2.74 bits per heavy atom. The maximum atomic E-state index is 8.95. The van der Waals surface area contributed by atoms with Gasteiger partial charge in [-0.25, -0.2) is 4.98 Å². The fraction of sp³-hybridized carbons (Fsp3) is 0.333. The van der Waals surface area contributed by atoms with Crippen molar-refractivity contribution in [2.24, 2.45) is 0 Å². The van der Waals surface area contributed by atoms with Gasteiger partial charge in [-0.05, 0) is 63.5 Å². The molecule has 35 heavy (non-hydrogen) atoms. The van der Waals surface area contributed by atoms with Gasteiger partial charge in [-0.15, -0.1) is 0 Å². The third kappa shape index (κ3) is 4.88. The number of fused-ring (bicyclic) bond motifs is 1. The Labute approximate surface area is 206 Å². The number of allylic oxidation sites excluding steroid dienone is 2. The van der Waals surface area contributed by atoms with Crippen molar-refractivity contribution in [3.63, 3.8) is 0 Å². The molecule has 8 heteroatoms. The van der Waals surface area contributed by atoms with Crippen LogP contribution in [0.1, 0.15) is 36.0 Å². The first-order chi connectivity index (χ1) is 17.0. The van der Waals surface area contributed by atoms with E-state index in [0.29, 0.717) is 22.7 Å². The molecule has 3 aromatic rings. The van der Waals surface area contributed by atoms with E-state index in [4.69, 9.17) is 11.1 Å². The number of nitrogens with zero attached hydrogens (tertiary/aromatic N) is 5. The van der Waals surface area contributed by atoms with Gasteiger partial charge in [0, 0.05) is 60.6 Å². The zero-order chi connectivity index (χ0) is 24.4. The SMILES string of the molecule is CN(C)Cc1cncc(-c2cc(C(=N)C3=CCc4c(N5CCCCC5)ccnc4N3)c(N)cn2)c1. The summed E-state index contributed by atoms with van der Waals surface area (Å²) in [4.78, 5) is 18.1. The number of rotatable bonds is 6. The summed E-state index contributed by atoms with van der Waals surface area (Å²) in [6.45, 7) is 2.97. The minimum absolute atomic E-state index is 0.333. The lowest BCUT2D eigenvalue weighted by atomic mass is 9.98. The van der Waals surface area contributed by atoms with Crippen LogP contribution in [0, 0.1) is 5.41 Å². The van der Waals surface area contributed by atoms with E-state index in [1.165, 1.54) is 30.5 Å². The average molecular weight is 469 g/mol.